The van der Waals surface area contributed by atoms with E-state index in [4.69, 9.17) is 10.5 Å². The smallest absolute Gasteiger partial charge is 0.411 e. The predicted octanol–water partition coefficient (Wildman–Crippen LogP) is 7.25. The molecule has 0 saturated carbocycles. The Morgan fingerprint density at radius 3 is 2.61 bits per heavy atom. The van der Waals surface area contributed by atoms with Gasteiger partial charge in [-0.2, -0.15) is 0 Å². The van der Waals surface area contributed by atoms with Gasteiger partial charge in [-0.25, -0.2) is 14.6 Å². The fourth-order valence-electron chi connectivity index (χ4n) is 4.73. The number of pyridine rings is 1. The number of benzene rings is 2. The highest BCUT2D eigenvalue weighted by Gasteiger charge is 2.31. The molecule has 8 nitrogen and oxygen atoms in total. The van der Waals surface area contributed by atoms with Gasteiger partial charge in [-0.15, -0.1) is 11.3 Å². The molecular formula is C32H33N5O3S. The van der Waals surface area contributed by atoms with Crippen LogP contribution in [-0.2, 0) is 4.74 Å². The van der Waals surface area contributed by atoms with E-state index in [-0.39, 0.29) is 18.2 Å². The van der Waals surface area contributed by atoms with Gasteiger partial charge < -0.3 is 21.1 Å². The number of nitrogen functional groups attached to an aromatic ring is 1. The fourth-order valence-corrected chi connectivity index (χ4v) is 5.79. The predicted molar refractivity (Wildman–Crippen MR) is 166 cm³/mol. The fraction of sp³-hybridized carbons (Fsp3) is 0.281. The molecule has 0 bridgehead atoms. The number of likely N-dealkylation sites (tertiary alicyclic amines) is 1. The molecule has 2 aromatic heterocycles. The van der Waals surface area contributed by atoms with Gasteiger partial charge in [-0.1, -0.05) is 30.2 Å². The van der Waals surface area contributed by atoms with Crippen molar-refractivity contribution in [2.75, 3.05) is 22.9 Å². The topological polar surface area (TPSA) is 110 Å². The molecule has 41 heavy (non-hydrogen) atoms. The third kappa shape index (κ3) is 6.61. The minimum absolute atomic E-state index is 0.221. The second-order valence-corrected chi connectivity index (χ2v) is 11.9. The number of carbonyl (C=O) groups excluding carboxylic acids is 2. The summed E-state index contributed by atoms with van der Waals surface area (Å²) in [6.07, 6.45) is 2.97. The van der Waals surface area contributed by atoms with Crippen molar-refractivity contribution in [2.45, 2.75) is 52.2 Å². The Morgan fingerprint density at radius 1 is 1.12 bits per heavy atom. The summed E-state index contributed by atoms with van der Waals surface area (Å²) in [6, 6.07) is 14.7. The minimum Gasteiger partial charge on any atom is -0.444 e. The number of rotatable bonds is 3. The lowest BCUT2D eigenvalue weighted by molar-refractivity contribution is 0.0261. The number of thiophene rings is 1. The summed E-state index contributed by atoms with van der Waals surface area (Å²) < 4.78 is 6.46. The van der Waals surface area contributed by atoms with E-state index >= 15 is 0 Å². The number of ether oxygens (including phenoxy) is 1. The molecule has 0 radical (unpaired) electrons. The highest BCUT2D eigenvalue weighted by atomic mass is 32.1. The number of nitrogens with one attached hydrogen (secondary N) is 2. The molecule has 1 aliphatic heterocycles. The number of nitrogens with zero attached hydrogens (tertiary/aromatic N) is 2. The largest absolute Gasteiger partial charge is 0.444 e. The Balaban J connectivity index is 1.34. The third-order valence-electron chi connectivity index (χ3n) is 6.60. The van der Waals surface area contributed by atoms with Gasteiger partial charge in [0, 0.05) is 28.9 Å². The molecule has 1 fully saturated rings. The molecule has 3 amide bonds. The van der Waals surface area contributed by atoms with E-state index in [0.29, 0.717) is 23.6 Å². The molecule has 3 heterocycles. The van der Waals surface area contributed by atoms with Crippen LogP contribution in [-0.4, -0.2) is 40.2 Å². The van der Waals surface area contributed by atoms with Crippen molar-refractivity contribution in [3.63, 3.8) is 0 Å². The molecule has 0 spiro atoms. The Bertz CT molecular complexity index is 1660. The Labute approximate surface area is 243 Å². The molecule has 0 aliphatic carbocycles. The molecule has 4 aromatic rings. The number of hydrogen-bond donors (Lipinski definition) is 3. The average molecular weight is 568 g/mol. The van der Waals surface area contributed by atoms with Crippen molar-refractivity contribution >= 4 is 50.6 Å². The lowest BCUT2D eigenvalue weighted by atomic mass is 10.0. The molecule has 0 unspecified atom stereocenters. The van der Waals surface area contributed by atoms with Gasteiger partial charge in [-0.3, -0.25) is 4.90 Å². The molecule has 1 aliphatic rings. The summed E-state index contributed by atoms with van der Waals surface area (Å²) in [4.78, 5) is 31.3. The SMILES string of the molecule is Cc1cccc(NC(=O)Nc2ccc(-c3csc4c(C#C[C@@H]5CCCN5C(=O)OC(C)(C)C)ncc(N)c34)cc2)c1. The first-order valence-corrected chi connectivity index (χ1v) is 14.4. The maximum atomic E-state index is 12.7. The van der Waals surface area contributed by atoms with Crippen molar-refractivity contribution < 1.29 is 14.3 Å². The summed E-state index contributed by atoms with van der Waals surface area (Å²) in [5.74, 6) is 6.47. The number of aryl methyl sites for hydroxylation is 1. The van der Waals surface area contributed by atoms with E-state index in [1.165, 1.54) is 11.3 Å². The number of nitrogens with two attached hydrogens (primary N) is 1. The summed E-state index contributed by atoms with van der Waals surface area (Å²) in [7, 11) is 0. The van der Waals surface area contributed by atoms with E-state index < -0.39 is 5.60 Å². The molecule has 210 valence electrons. The van der Waals surface area contributed by atoms with Gasteiger partial charge in [0.25, 0.3) is 0 Å². The number of carbonyl (C=O) groups is 2. The van der Waals surface area contributed by atoms with Crippen LogP contribution >= 0.6 is 11.3 Å². The zero-order chi connectivity index (χ0) is 29.1. The first-order valence-electron chi connectivity index (χ1n) is 13.5. The van der Waals surface area contributed by atoms with E-state index in [1.54, 1.807) is 11.1 Å². The maximum absolute atomic E-state index is 12.7. The van der Waals surface area contributed by atoms with Crippen LogP contribution in [0.5, 0.6) is 0 Å². The quantitative estimate of drug-likeness (QED) is 0.226. The molecule has 1 atom stereocenters. The Hall–Kier alpha value is -4.55. The lowest BCUT2D eigenvalue weighted by Crippen LogP contribution is -2.39. The van der Waals surface area contributed by atoms with E-state index in [1.807, 2.05) is 81.6 Å². The van der Waals surface area contributed by atoms with Crippen LogP contribution in [0.15, 0.2) is 60.1 Å². The molecule has 5 rings (SSSR count). The van der Waals surface area contributed by atoms with Crippen molar-refractivity contribution in [1.82, 2.24) is 9.88 Å². The van der Waals surface area contributed by atoms with Crippen LogP contribution in [0.3, 0.4) is 0 Å². The van der Waals surface area contributed by atoms with E-state index in [0.717, 1.165) is 45.3 Å². The number of urea groups is 1. The van der Waals surface area contributed by atoms with Crippen LogP contribution < -0.4 is 16.4 Å². The Kier molecular flexibility index (Phi) is 7.86. The zero-order valence-electron chi connectivity index (χ0n) is 23.6. The first-order chi connectivity index (χ1) is 19.6. The van der Waals surface area contributed by atoms with E-state index in [9.17, 15) is 9.59 Å². The highest BCUT2D eigenvalue weighted by molar-refractivity contribution is 7.18. The second kappa shape index (κ2) is 11.5. The zero-order valence-corrected chi connectivity index (χ0v) is 24.4. The molecule has 1 saturated heterocycles. The molecule has 2 aromatic carbocycles. The summed E-state index contributed by atoms with van der Waals surface area (Å²) in [5.41, 5.74) is 11.4. The number of aromatic nitrogens is 1. The third-order valence-corrected chi connectivity index (χ3v) is 7.58. The maximum Gasteiger partial charge on any atom is 0.411 e. The van der Waals surface area contributed by atoms with Crippen LogP contribution in [0.25, 0.3) is 21.2 Å². The monoisotopic (exact) mass is 567 g/mol. The Morgan fingerprint density at radius 2 is 1.88 bits per heavy atom. The van der Waals surface area contributed by atoms with Gasteiger partial charge in [0.15, 0.2) is 0 Å². The van der Waals surface area contributed by atoms with Crippen molar-refractivity contribution in [1.29, 1.82) is 0 Å². The lowest BCUT2D eigenvalue weighted by Gasteiger charge is -2.26. The molecular weight excluding hydrogens is 534 g/mol. The second-order valence-electron chi connectivity index (χ2n) is 11.0. The van der Waals surface area contributed by atoms with Crippen molar-refractivity contribution in [2.24, 2.45) is 0 Å². The van der Waals surface area contributed by atoms with Crippen LogP contribution in [0.4, 0.5) is 26.7 Å². The van der Waals surface area contributed by atoms with Crippen LogP contribution in [0, 0.1) is 18.8 Å². The number of anilines is 3. The standard InChI is InChI=1S/C32H33N5O3S/c1-20-7-5-8-23(17-20)36-30(38)35-22-12-10-21(11-13-22)25-19-41-29-27(34-18-26(33)28(25)29)15-14-24-9-6-16-37(24)31(39)40-32(2,3)4/h5,7-8,10-13,17-19,24H,6,9,16,33H2,1-4H3,(H2,35,36,38)/t24-/m0/s1. The summed E-state index contributed by atoms with van der Waals surface area (Å²) in [6.45, 7) is 8.18. The van der Waals surface area contributed by atoms with Gasteiger partial charge in [0.05, 0.1) is 22.6 Å². The van der Waals surface area contributed by atoms with Crippen molar-refractivity contribution in [3.05, 3.63) is 71.4 Å². The number of hydrogen-bond acceptors (Lipinski definition) is 6. The first kappa shape index (κ1) is 28.0. The number of fused-ring (bicyclic) bond motifs is 1. The highest BCUT2D eigenvalue weighted by Crippen LogP contribution is 2.39. The van der Waals surface area contributed by atoms with Crippen LogP contribution in [0.1, 0.15) is 44.9 Å². The summed E-state index contributed by atoms with van der Waals surface area (Å²) >= 11 is 1.53. The molecule has 9 heteroatoms. The van der Waals surface area contributed by atoms with Gasteiger partial charge in [-0.05, 0) is 87.2 Å². The minimum atomic E-state index is -0.558. The van der Waals surface area contributed by atoms with E-state index in [2.05, 4.69) is 27.5 Å². The summed E-state index contributed by atoms with van der Waals surface area (Å²) in [5, 5.41) is 8.65. The van der Waals surface area contributed by atoms with Crippen molar-refractivity contribution in [3.8, 4) is 23.0 Å². The van der Waals surface area contributed by atoms with Gasteiger partial charge in [0.2, 0.25) is 0 Å². The van der Waals surface area contributed by atoms with Gasteiger partial charge in [0.1, 0.15) is 11.3 Å². The van der Waals surface area contributed by atoms with Gasteiger partial charge >= 0.3 is 12.1 Å². The normalized spacial score (nSPS) is 14.8. The average Bonchev–Trinajstić information content (AvgIpc) is 3.56. The molecule has 4 N–H and O–H groups in total. The van der Waals surface area contributed by atoms with Crippen LogP contribution in [0.2, 0.25) is 0 Å². The number of amides is 3.